The number of hydrogen-bond donors (Lipinski definition) is 2. The summed E-state index contributed by atoms with van der Waals surface area (Å²) in [5.74, 6) is 0.302. The van der Waals surface area contributed by atoms with Crippen LogP contribution in [0.2, 0.25) is 0 Å². The van der Waals surface area contributed by atoms with Gasteiger partial charge in [0, 0.05) is 23.7 Å². The zero-order chi connectivity index (χ0) is 24.0. The number of amides is 3. The van der Waals surface area contributed by atoms with E-state index in [1.165, 1.54) is 4.90 Å². The number of carbonyl (C=O) groups excluding carboxylic acids is 2. The molecule has 0 bridgehead atoms. The van der Waals surface area contributed by atoms with Crippen molar-refractivity contribution in [2.45, 2.75) is 46.5 Å². The molecule has 2 aromatic carbocycles. The average molecular weight is 448 g/mol. The van der Waals surface area contributed by atoms with E-state index < -0.39 is 0 Å². The molecular formula is C26H33N5O2. The fourth-order valence-electron chi connectivity index (χ4n) is 3.40. The molecule has 0 fully saturated rings. The highest BCUT2D eigenvalue weighted by molar-refractivity contribution is 5.96. The minimum absolute atomic E-state index is 0.0592. The molecule has 3 amide bonds. The number of urea groups is 1. The first-order chi connectivity index (χ1) is 15.7. The minimum atomic E-state index is -0.305. The van der Waals surface area contributed by atoms with Gasteiger partial charge in [0.2, 0.25) is 5.91 Å². The SMILES string of the molecule is CCCN(CC(=O)Nc1cc(C(C)(C)C)nn1-c1cccc(C)c1)C(=O)Nc1ccccc1. The highest BCUT2D eigenvalue weighted by atomic mass is 16.2. The number of benzene rings is 2. The third-order valence-corrected chi connectivity index (χ3v) is 5.13. The molecule has 3 aromatic rings. The predicted molar refractivity (Wildman–Crippen MR) is 133 cm³/mol. The van der Waals surface area contributed by atoms with E-state index >= 15 is 0 Å². The Balaban J connectivity index is 1.80. The number of hydrogen-bond acceptors (Lipinski definition) is 3. The summed E-state index contributed by atoms with van der Waals surface area (Å²) >= 11 is 0. The Hall–Kier alpha value is -3.61. The zero-order valence-electron chi connectivity index (χ0n) is 20.1. The molecule has 0 spiro atoms. The molecule has 7 heteroatoms. The predicted octanol–water partition coefficient (Wildman–Crippen LogP) is 5.36. The van der Waals surface area contributed by atoms with Crippen LogP contribution in [-0.4, -0.2) is 39.7 Å². The summed E-state index contributed by atoms with van der Waals surface area (Å²) in [4.78, 5) is 27.3. The molecule has 0 saturated heterocycles. The van der Waals surface area contributed by atoms with E-state index in [2.05, 4.69) is 31.4 Å². The lowest BCUT2D eigenvalue weighted by atomic mass is 9.92. The van der Waals surface area contributed by atoms with Gasteiger partial charge in [0.1, 0.15) is 12.4 Å². The molecule has 0 aliphatic carbocycles. The summed E-state index contributed by atoms with van der Waals surface area (Å²) in [6.07, 6.45) is 0.741. The van der Waals surface area contributed by atoms with Crippen molar-refractivity contribution in [2.75, 3.05) is 23.7 Å². The highest BCUT2D eigenvalue weighted by Crippen LogP contribution is 2.26. The fourth-order valence-corrected chi connectivity index (χ4v) is 3.40. The van der Waals surface area contributed by atoms with Crippen LogP contribution in [0.25, 0.3) is 5.69 Å². The topological polar surface area (TPSA) is 79.3 Å². The lowest BCUT2D eigenvalue weighted by Crippen LogP contribution is -2.41. The Morgan fingerprint density at radius 3 is 2.36 bits per heavy atom. The maximum Gasteiger partial charge on any atom is 0.322 e. The third-order valence-electron chi connectivity index (χ3n) is 5.13. The molecule has 1 heterocycles. The fraction of sp³-hybridized carbons (Fsp3) is 0.346. The summed E-state index contributed by atoms with van der Waals surface area (Å²) < 4.78 is 1.75. The van der Waals surface area contributed by atoms with Gasteiger partial charge in [-0.3, -0.25) is 4.79 Å². The van der Waals surface area contributed by atoms with Crippen molar-refractivity contribution in [1.29, 1.82) is 0 Å². The quantitative estimate of drug-likeness (QED) is 0.512. The first-order valence-electron chi connectivity index (χ1n) is 11.3. The van der Waals surface area contributed by atoms with E-state index in [9.17, 15) is 9.59 Å². The highest BCUT2D eigenvalue weighted by Gasteiger charge is 2.23. The molecular weight excluding hydrogens is 414 g/mol. The lowest BCUT2D eigenvalue weighted by Gasteiger charge is -2.22. The molecule has 0 aliphatic rings. The molecule has 3 rings (SSSR count). The van der Waals surface area contributed by atoms with Gasteiger partial charge in [0.05, 0.1) is 11.4 Å². The van der Waals surface area contributed by atoms with Crippen LogP contribution in [0, 0.1) is 6.92 Å². The van der Waals surface area contributed by atoms with Crippen LogP contribution in [-0.2, 0) is 10.2 Å². The Kier molecular flexibility index (Phi) is 7.53. The summed E-state index contributed by atoms with van der Waals surface area (Å²) in [6, 6.07) is 18.8. The van der Waals surface area contributed by atoms with Crippen LogP contribution in [0.1, 0.15) is 45.4 Å². The first-order valence-corrected chi connectivity index (χ1v) is 11.3. The maximum absolute atomic E-state index is 13.0. The van der Waals surface area contributed by atoms with Crippen molar-refractivity contribution in [3.8, 4) is 5.69 Å². The average Bonchev–Trinajstić information content (AvgIpc) is 3.18. The van der Waals surface area contributed by atoms with Gasteiger partial charge in [-0.25, -0.2) is 9.48 Å². The molecule has 33 heavy (non-hydrogen) atoms. The summed E-state index contributed by atoms with van der Waals surface area (Å²) in [7, 11) is 0. The van der Waals surface area contributed by atoms with Gasteiger partial charge < -0.3 is 15.5 Å². The van der Waals surface area contributed by atoms with Gasteiger partial charge in [0.25, 0.3) is 0 Å². The molecule has 2 N–H and O–H groups in total. The van der Waals surface area contributed by atoms with Crippen molar-refractivity contribution < 1.29 is 9.59 Å². The summed E-state index contributed by atoms with van der Waals surface area (Å²) in [6.45, 7) is 10.6. The Bertz CT molecular complexity index is 1100. The van der Waals surface area contributed by atoms with E-state index in [0.29, 0.717) is 18.1 Å². The summed E-state index contributed by atoms with van der Waals surface area (Å²) in [5, 5.41) is 10.6. The van der Waals surface area contributed by atoms with E-state index in [4.69, 9.17) is 5.10 Å². The van der Waals surface area contributed by atoms with E-state index in [-0.39, 0.29) is 23.9 Å². The molecule has 174 valence electrons. The van der Waals surface area contributed by atoms with Crippen LogP contribution >= 0.6 is 0 Å². The second-order valence-corrected chi connectivity index (χ2v) is 9.18. The monoisotopic (exact) mass is 447 g/mol. The Morgan fingerprint density at radius 1 is 1.00 bits per heavy atom. The van der Waals surface area contributed by atoms with Crippen LogP contribution in [0.15, 0.2) is 60.7 Å². The molecule has 0 aliphatic heterocycles. The molecule has 0 saturated carbocycles. The first kappa shape index (κ1) is 24.0. The van der Waals surface area contributed by atoms with Gasteiger partial charge >= 0.3 is 6.03 Å². The lowest BCUT2D eigenvalue weighted by molar-refractivity contribution is -0.116. The number of aromatic nitrogens is 2. The van der Waals surface area contributed by atoms with E-state index in [0.717, 1.165) is 23.4 Å². The number of nitrogens with zero attached hydrogens (tertiary/aromatic N) is 3. The number of nitrogens with one attached hydrogen (secondary N) is 2. The van der Waals surface area contributed by atoms with Crippen LogP contribution in [0.3, 0.4) is 0 Å². The van der Waals surface area contributed by atoms with Crippen LogP contribution in [0.5, 0.6) is 0 Å². The molecule has 7 nitrogen and oxygen atoms in total. The number of carbonyl (C=O) groups is 2. The Morgan fingerprint density at radius 2 is 1.73 bits per heavy atom. The third kappa shape index (κ3) is 6.44. The van der Waals surface area contributed by atoms with Gasteiger partial charge in [-0.05, 0) is 43.2 Å². The zero-order valence-corrected chi connectivity index (χ0v) is 20.1. The van der Waals surface area contributed by atoms with Crippen LogP contribution in [0.4, 0.5) is 16.3 Å². The van der Waals surface area contributed by atoms with Gasteiger partial charge in [-0.1, -0.05) is 58.0 Å². The molecule has 0 radical (unpaired) electrons. The van der Waals surface area contributed by atoms with Crippen molar-refractivity contribution >= 4 is 23.4 Å². The standard InChI is InChI=1S/C26H33N5O2/c1-6-15-30(25(33)27-20-12-8-7-9-13-20)18-24(32)28-23-17-22(26(3,4)5)29-31(23)21-14-10-11-19(2)16-21/h7-14,16-17H,6,15,18H2,1-5H3,(H,27,33)(H,28,32). The second-order valence-electron chi connectivity index (χ2n) is 9.18. The van der Waals surface area contributed by atoms with Crippen molar-refractivity contribution in [2.24, 2.45) is 0 Å². The molecule has 0 atom stereocenters. The Labute approximate surface area is 195 Å². The normalized spacial score (nSPS) is 11.2. The minimum Gasteiger partial charge on any atom is -0.315 e. The number of aryl methyl sites for hydroxylation is 1. The maximum atomic E-state index is 13.0. The van der Waals surface area contributed by atoms with Crippen molar-refractivity contribution in [3.05, 3.63) is 71.9 Å². The van der Waals surface area contributed by atoms with Gasteiger partial charge in [-0.2, -0.15) is 5.10 Å². The second kappa shape index (κ2) is 10.3. The number of para-hydroxylation sites is 1. The number of rotatable bonds is 7. The van der Waals surface area contributed by atoms with Crippen LogP contribution < -0.4 is 10.6 Å². The van der Waals surface area contributed by atoms with Gasteiger partial charge in [0.15, 0.2) is 0 Å². The van der Waals surface area contributed by atoms with E-state index in [1.54, 1.807) is 4.68 Å². The largest absolute Gasteiger partial charge is 0.322 e. The van der Waals surface area contributed by atoms with Crippen molar-refractivity contribution in [3.63, 3.8) is 0 Å². The summed E-state index contributed by atoms with van der Waals surface area (Å²) in [5.41, 5.74) is 3.35. The number of anilines is 2. The van der Waals surface area contributed by atoms with Gasteiger partial charge in [-0.15, -0.1) is 0 Å². The molecule has 1 aromatic heterocycles. The molecule has 0 unspecified atom stereocenters. The smallest absolute Gasteiger partial charge is 0.315 e. The van der Waals surface area contributed by atoms with E-state index in [1.807, 2.05) is 74.5 Å². The van der Waals surface area contributed by atoms with Crippen molar-refractivity contribution in [1.82, 2.24) is 14.7 Å².